The number of nitriles is 1. The molecule has 3 rings (SSSR count). The van der Waals surface area contributed by atoms with Gasteiger partial charge >= 0.3 is 0 Å². The maximum absolute atomic E-state index is 14.7. The predicted octanol–water partition coefficient (Wildman–Crippen LogP) is 4.10. The Morgan fingerprint density at radius 1 is 1.22 bits per heavy atom. The lowest BCUT2D eigenvalue weighted by Gasteiger charge is -2.30. The van der Waals surface area contributed by atoms with Crippen LogP contribution >= 0.6 is 0 Å². The number of aryl methyl sites for hydroxylation is 1. The van der Waals surface area contributed by atoms with Crippen molar-refractivity contribution in [2.24, 2.45) is 5.41 Å². The van der Waals surface area contributed by atoms with E-state index in [2.05, 4.69) is 20.4 Å². The minimum atomic E-state index is -0.641. The van der Waals surface area contributed by atoms with Crippen molar-refractivity contribution in [3.05, 3.63) is 41.4 Å². The van der Waals surface area contributed by atoms with Crippen LogP contribution in [-0.4, -0.2) is 25.6 Å². The van der Waals surface area contributed by atoms with Gasteiger partial charge < -0.3 is 5.32 Å². The third-order valence-electron chi connectivity index (χ3n) is 4.70. The van der Waals surface area contributed by atoms with Crippen LogP contribution in [0, 0.1) is 35.3 Å². The highest BCUT2D eigenvalue weighted by Crippen LogP contribution is 2.35. The monoisotopic (exact) mass is 370 g/mol. The first-order valence-corrected chi connectivity index (χ1v) is 8.50. The van der Waals surface area contributed by atoms with Crippen LogP contribution in [0.2, 0.25) is 0 Å². The molecule has 0 saturated carbocycles. The Bertz CT molecular complexity index is 1060. The van der Waals surface area contributed by atoms with Crippen molar-refractivity contribution in [2.45, 2.75) is 40.7 Å². The fraction of sp³-hybridized carbons (Fsp3) is 0.368. The van der Waals surface area contributed by atoms with Crippen LogP contribution in [-0.2, 0) is 0 Å². The van der Waals surface area contributed by atoms with Crippen molar-refractivity contribution in [2.75, 3.05) is 5.32 Å². The molecule has 3 aromatic rings. The molecule has 0 spiro atoms. The van der Waals surface area contributed by atoms with Crippen LogP contribution < -0.4 is 5.32 Å². The summed E-state index contributed by atoms with van der Waals surface area (Å²) in [5, 5.41) is 17.0. The molecule has 0 aliphatic rings. The van der Waals surface area contributed by atoms with E-state index in [0.29, 0.717) is 5.82 Å². The number of benzene rings is 1. The van der Waals surface area contributed by atoms with E-state index in [9.17, 15) is 14.0 Å². The summed E-state index contributed by atoms with van der Waals surface area (Å²) in [6, 6.07) is 4.08. The molecule has 1 aromatic carbocycles. The second kappa shape index (κ2) is 6.58. The van der Waals surface area contributed by atoms with Crippen molar-refractivity contribution in [1.29, 1.82) is 5.26 Å². The number of fused-ring (bicyclic) bond motifs is 1. The van der Waals surface area contributed by atoms with E-state index in [0.717, 1.165) is 12.1 Å². The Balaban J connectivity index is 2.36. The summed E-state index contributed by atoms with van der Waals surface area (Å²) in [5.74, 6) is -0.660. The van der Waals surface area contributed by atoms with Gasteiger partial charge in [0.15, 0.2) is 5.69 Å². The largest absolute Gasteiger partial charge is 0.366 e. The lowest BCUT2D eigenvalue weighted by atomic mass is 9.88. The zero-order valence-corrected chi connectivity index (χ0v) is 15.8. The third kappa shape index (κ3) is 3.33. The van der Waals surface area contributed by atoms with Gasteiger partial charge in [0.2, 0.25) is 0 Å². The molecular formula is C19H20F2N6. The average molecular weight is 370 g/mol. The predicted molar refractivity (Wildman–Crippen MR) is 98.1 cm³/mol. The number of aromatic nitrogens is 4. The quantitative estimate of drug-likeness (QED) is 0.751. The fourth-order valence-electron chi connectivity index (χ4n) is 2.57. The maximum Gasteiger partial charge on any atom is 0.255 e. The van der Waals surface area contributed by atoms with Gasteiger partial charge in [-0.2, -0.15) is 24.8 Å². The van der Waals surface area contributed by atoms with E-state index in [1.807, 2.05) is 33.8 Å². The molecule has 8 heteroatoms. The van der Waals surface area contributed by atoms with E-state index >= 15 is 0 Å². The summed E-state index contributed by atoms with van der Waals surface area (Å²) < 4.78 is 30.3. The molecule has 0 radical (unpaired) electrons. The van der Waals surface area contributed by atoms with Gasteiger partial charge in [-0.1, -0.05) is 20.8 Å². The van der Waals surface area contributed by atoms with Crippen LogP contribution in [0.4, 0.5) is 14.6 Å². The number of anilines is 1. The highest BCUT2D eigenvalue weighted by molar-refractivity contribution is 5.81. The first-order chi connectivity index (χ1) is 12.6. The Kier molecular flexibility index (Phi) is 4.56. The van der Waals surface area contributed by atoms with Crippen LogP contribution in [0.1, 0.15) is 39.0 Å². The lowest BCUT2D eigenvalue weighted by molar-refractivity contribution is 0.358. The smallest absolute Gasteiger partial charge is 0.255 e. The second-order valence-corrected chi connectivity index (χ2v) is 7.58. The lowest BCUT2D eigenvalue weighted by Crippen LogP contribution is -2.32. The molecular weight excluding hydrogens is 350 g/mol. The number of halogens is 2. The number of hydrogen-bond acceptors (Lipinski definition) is 5. The van der Waals surface area contributed by atoms with E-state index < -0.39 is 11.6 Å². The Hall–Kier alpha value is -3.08. The van der Waals surface area contributed by atoms with Crippen molar-refractivity contribution in [3.63, 3.8) is 0 Å². The molecule has 140 valence electrons. The first-order valence-electron chi connectivity index (χ1n) is 8.50. The first kappa shape index (κ1) is 18.7. The fourth-order valence-corrected chi connectivity index (χ4v) is 2.57. The zero-order valence-electron chi connectivity index (χ0n) is 15.8. The van der Waals surface area contributed by atoms with Gasteiger partial charge in [-0.05, 0) is 37.0 Å². The van der Waals surface area contributed by atoms with E-state index in [1.165, 1.54) is 17.8 Å². The normalized spacial score (nSPS) is 12.8. The van der Waals surface area contributed by atoms with E-state index in [1.54, 1.807) is 0 Å². The molecule has 1 unspecified atom stereocenters. The molecule has 27 heavy (non-hydrogen) atoms. The summed E-state index contributed by atoms with van der Waals surface area (Å²) in [6.07, 6.45) is 1.30. The Morgan fingerprint density at radius 2 is 1.93 bits per heavy atom. The summed E-state index contributed by atoms with van der Waals surface area (Å²) in [5.41, 5.74) is 0.0895. The van der Waals surface area contributed by atoms with Gasteiger partial charge in [0.25, 0.3) is 5.78 Å². The Morgan fingerprint density at radius 3 is 2.56 bits per heavy atom. The topological polar surface area (TPSA) is 78.9 Å². The molecule has 1 N–H and O–H groups in total. The number of hydrogen-bond donors (Lipinski definition) is 1. The van der Waals surface area contributed by atoms with Crippen molar-refractivity contribution >= 4 is 11.6 Å². The molecule has 0 saturated heterocycles. The third-order valence-corrected chi connectivity index (χ3v) is 4.70. The summed E-state index contributed by atoms with van der Waals surface area (Å²) in [6.45, 7) is 9.57. The number of nitrogens with zero attached hydrogens (tertiary/aromatic N) is 5. The summed E-state index contributed by atoms with van der Waals surface area (Å²) >= 11 is 0. The molecule has 2 aromatic heterocycles. The van der Waals surface area contributed by atoms with Gasteiger partial charge in [-0.15, -0.1) is 0 Å². The van der Waals surface area contributed by atoms with E-state index in [4.69, 9.17) is 0 Å². The minimum Gasteiger partial charge on any atom is -0.366 e. The minimum absolute atomic E-state index is 0.0526. The summed E-state index contributed by atoms with van der Waals surface area (Å²) in [7, 11) is 0. The van der Waals surface area contributed by atoms with Gasteiger partial charge in [-0.25, -0.2) is 8.78 Å². The van der Waals surface area contributed by atoms with Crippen LogP contribution in [0.3, 0.4) is 0 Å². The average Bonchev–Trinajstić information content (AvgIpc) is 3.05. The van der Waals surface area contributed by atoms with Gasteiger partial charge in [0.1, 0.15) is 29.8 Å². The molecule has 1 atom stereocenters. The van der Waals surface area contributed by atoms with Crippen molar-refractivity contribution < 1.29 is 8.78 Å². The highest BCUT2D eigenvalue weighted by atomic mass is 19.1. The van der Waals surface area contributed by atoms with Crippen LogP contribution in [0.25, 0.3) is 16.9 Å². The SMILES string of the molecule is Cc1cc(F)c(-c2c(C#N)nc3ncnn3c2NC(C)C(C)(C)C)cc1F. The van der Waals surface area contributed by atoms with Crippen LogP contribution in [0.5, 0.6) is 0 Å². The molecule has 0 amide bonds. The number of rotatable bonds is 3. The van der Waals surface area contributed by atoms with Gasteiger partial charge in [0.05, 0.1) is 5.56 Å². The Labute approximate surface area is 155 Å². The molecule has 6 nitrogen and oxygen atoms in total. The molecule has 0 aliphatic carbocycles. The summed E-state index contributed by atoms with van der Waals surface area (Å²) in [4.78, 5) is 8.18. The van der Waals surface area contributed by atoms with Gasteiger partial charge in [-0.3, -0.25) is 0 Å². The molecule has 0 aliphatic heterocycles. The van der Waals surface area contributed by atoms with E-state index in [-0.39, 0.29) is 39.6 Å². The van der Waals surface area contributed by atoms with Crippen LogP contribution in [0.15, 0.2) is 18.5 Å². The number of nitrogens with one attached hydrogen (secondary N) is 1. The zero-order chi connectivity index (χ0) is 19.9. The van der Waals surface area contributed by atoms with Gasteiger partial charge in [0, 0.05) is 11.6 Å². The second-order valence-electron chi connectivity index (χ2n) is 7.58. The standard InChI is InChI=1S/C19H20F2N6/c1-10-6-14(21)12(7-13(10)20)16-15(8-22)26-18-23-9-24-27(18)17(16)25-11(2)19(3,4)5/h6-7,9,11,25H,1-5H3. The highest BCUT2D eigenvalue weighted by Gasteiger charge is 2.26. The maximum atomic E-state index is 14.7. The van der Waals surface area contributed by atoms with Crippen molar-refractivity contribution in [3.8, 4) is 17.2 Å². The molecule has 0 bridgehead atoms. The molecule has 0 fully saturated rings. The van der Waals surface area contributed by atoms with Crippen molar-refractivity contribution in [1.82, 2.24) is 19.6 Å². The molecule has 2 heterocycles.